The Hall–Kier alpha value is -4.68. The molecule has 0 bridgehead atoms. The highest BCUT2D eigenvalue weighted by molar-refractivity contribution is 6.23. The molecule has 0 aromatic heterocycles. The highest BCUT2D eigenvalue weighted by Gasteiger charge is 2.45. The van der Waals surface area contributed by atoms with E-state index in [4.69, 9.17) is 14.2 Å². The number of carbonyl (C=O) groups excluding carboxylic acids is 4. The molecule has 2 aromatic carbocycles. The van der Waals surface area contributed by atoms with Gasteiger partial charge in [-0.05, 0) is 18.2 Å². The number of non-ortho nitro benzene ring substituents is 1. The monoisotopic (exact) mass is 500 g/mol. The fourth-order valence-electron chi connectivity index (χ4n) is 3.71. The van der Waals surface area contributed by atoms with E-state index in [1.165, 1.54) is 58.6 Å². The minimum atomic E-state index is -1.35. The molecule has 190 valence electrons. The maximum atomic E-state index is 13.2. The highest BCUT2D eigenvalue weighted by atomic mass is 16.6. The average Bonchev–Trinajstić information content (AvgIpc) is 3.18. The molecule has 13 nitrogen and oxygen atoms in total. The molecule has 1 saturated heterocycles. The van der Waals surface area contributed by atoms with Crippen LogP contribution in [-0.4, -0.2) is 60.9 Å². The van der Waals surface area contributed by atoms with Crippen LogP contribution in [0, 0.1) is 10.1 Å². The normalized spacial score (nSPS) is 14.9. The van der Waals surface area contributed by atoms with E-state index in [9.17, 15) is 29.3 Å². The molecule has 1 aliphatic rings. The molecule has 2 aromatic rings. The molecular formula is C23H24N4O9. The second-order valence-corrected chi connectivity index (χ2v) is 7.54. The number of hydrogen-bond acceptors (Lipinski definition) is 9. The molecule has 0 aliphatic carbocycles. The number of anilines is 1. The second-order valence-electron chi connectivity index (χ2n) is 7.54. The van der Waals surface area contributed by atoms with Gasteiger partial charge in [0.15, 0.2) is 11.5 Å². The lowest BCUT2D eigenvalue weighted by Crippen LogP contribution is -2.54. The number of nitrogens with zero attached hydrogens (tertiary/aromatic N) is 3. The van der Waals surface area contributed by atoms with Crippen molar-refractivity contribution in [2.24, 2.45) is 0 Å². The van der Waals surface area contributed by atoms with Gasteiger partial charge in [-0.2, -0.15) is 0 Å². The molecule has 1 aliphatic heterocycles. The van der Waals surface area contributed by atoms with Crippen molar-refractivity contribution in [1.29, 1.82) is 0 Å². The Balaban J connectivity index is 1.93. The van der Waals surface area contributed by atoms with Crippen LogP contribution in [0.4, 0.5) is 11.4 Å². The number of carbonyl (C=O) groups is 4. The Morgan fingerprint density at radius 1 is 1.11 bits per heavy atom. The summed E-state index contributed by atoms with van der Waals surface area (Å²) < 4.78 is 15.7. The third kappa shape index (κ3) is 4.89. The van der Waals surface area contributed by atoms with E-state index in [1.54, 1.807) is 0 Å². The van der Waals surface area contributed by atoms with E-state index in [1.807, 2.05) is 0 Å². The smallest absolute Gasteiger partial charge is 0.271 e. The number of methoxy groups -OCH3 is 3. The van der Waals surface area contributed by atoms with Crippen LogP contribution in [0.5, 0.6) is 17.2 Å². The molecular weight excluding hydrogens is 476 g/mol. The van der Waals surface area contributed by atoms with Crippen molar-refractivity contribution >= 4 is 35.0 Å². The number of benzene rings is 2. The number of rotatable bonds is 8. The fraction of sp³-hybridized carbons (Fsp3) is 0.304. The Bertz CT molecular complexity index is 1200. The summed E-state index contributed by atoms with van der Waals surface area (Å²) in [5.41, 5.74) is 2.11. The van der Waals surface area contributed by atoms with Gasteiger partial charge in [-0.15, -0.1) is 0 Å². The number of hydrazine groups is 1. The summed E-state index contributed by atoms with van der Waals surface area (Å²) >= 11 is 0. The average molecular weight is 500 g/mol. The van der Waals surface area contributed by atoms with Gasteiger partial charge in [-0.25, -0.2) is 9.91 Å². The summed E-state index contributed by atoms with van der Waals surface area (Å²) in [5, 5.41) is 11.9. The van der Waals surface area contributed by atoms with Gasteiger partial charge in [0.25, 0.3) is 17.5 Å². The molecule has 0 saturated carbocycles. The largest absolute Gasteiger partial charge is 0.493 e. The number of nitro benzene ring substituents is 1. The second kappa shape index (κ2) is 10.7. The predicted molar refractivity (Wildman–Crippen MR) is 125 cm³/mol. The first-order valence-electron chi connectivity index (χ1n) is 10.7. The summed E-state index contributed by atoms with van der Waals surface area (Å²) in [7, 11) is 4.14. The van der Waals surface area contributed by atoms with Gasteiger partial charge >= 0.3 is 0 Å². The van der Waals surface area contributed by atoms with Crippen LogP contribution >= 0.6 is 0 Å². The van der Waals surface area contributed by atoms with E-state index in [-0.39, 0.29) is 40.6 Å². The van der Waals surface area contributed by atoms with Crippen LogP contribution in [0.1, 0.15) is 30.1 Å². The Labute approximate surface area is 205 Å². The van der Waals surface area contributed by atoms with Gasteiger partial charge in [0.05, 0.1) is 38.4 Å². The van der Waals surface area contributed by atoms with Gasteiger partial charge in [0.2, 0.25) is 17.6 Å². The van der Waals surface area contributed by atoms with Gasteiger partial charge in [-0.1, -0.05) is 13.0 Å². The lowest BCUT2D eigenvalue weighted by Gasteiger charge is -2.27. The summed E-state index contributed by atoms with van der Waals surface area (Å²) in [4.78, 5) is 62.9. The maximum Gasteiger partial charge on any atom is 0.271 e. The zero-order chi connectivity index (χ0) is 26.6. The quantitative estimate of drug-likeness (QED) is 0.324. The van der Waals surface area contributed by atoms with Crippen molar-refractivity contribution in [3.63, 3.8) is 0 Å². The van der Waals surface area contributed by atoms with Crippen molar-refractivity contribution in [2.45, 2.75) is 25.8 Å². The van der Waals surface area contributed by atoms with E-state index < -0.39 is 41.0 Å². The molecule has 36 heavy (non-hydrogen) atoms. The van der Waals surface area contributed by atoms with Crippen molar-refractivity contribution in [3.05, 3.63) is 52.1 Å². The first kappa shape index (κ1) is 25.9. The molecule has 0 spiro atoms. The Kier molecular flexibility index (Phi) is 7.72. The number of imide groups is 1. The van der Waals surface area contributed by atoms with E-state index in [2.05, 4.69) is 5.43 Å². The molecule has 1 N–H and O–H groups in total. The van der Waals surface area contributed by atoms with Crippen molar-refractivity contribution in [2.75, 3.05) is 26.2 Å². The zero-order valence-electron chi connectivity index (χ0n) is 20.0. The number of amides is 4. The SMILES string of the molecule is CCC(=O)N(NC(=O)c1cc(OC)c(OC)c(OC)c1)C1CC(=O)N(c2cccc([N+](=O)[O-])c2)C1=O. The lowest BCUT2D eigenvalue weighted by atomic mass is 10.1. The number of nitrogens with one attached hydrogen (secondary N) is 1. The van der Waals surface area contributed by atoms with Gasteiger partial charge in [0.1, 0.15) is 6.04 Å². The van der Waals surface area contributed by atoms with Gasteiger partial charge in [-0.3, -0.25) is 34.7 Å². The van der Waals surface area contributed by atoms with Crippen LogP contribution in [-0.2, 0) is 14.4 Å². The molecule has 1 unspecified atom stereocenters. The van der Waals surface area contributed by atoms with Crippen LogP contribution in [0.3, 0.4) is 0 Å². The summed E-state index contributed by atoms with van der Waals surface area (Å²) in [6.07, 6.45) is -0.507. The summed E-state index contributed by atoms with van der Waals surface area (Å²) in [6.45, 7) is 1.53. The van der Waals surface area contributed by atoms with Crippen molar-refractivity contribution in [1.82, 2.24) is 10.4 Å². The first-order valence-corrected chi connectivity index (χ1v) is 10.7. The highest BCUT2D eigenvalue weighted by Crippen LogP contribution is 2.38. The maximum absolute atomic E-state index is 13.2. The summed E-state index contributed by atoms with van der Waals surface area (Å²) in [6, 6.07) is 6.38. The van der Waals surface area contributed by atoms with Gasteiger partial charge < -0.3 is 14.2 Å². The lowest BCUT2D eigenvalue weighted by molar-refractivity contribution is -0.384. The van der Waals surface area contributed by atoms with Crippen LogP contribution in [0.25, 0.3) is 0 Å². The Morgan fingerprint density at radius 2 is 1.75 bits per heavy atom. The topological polar surface area (TPSA) is 158 Å². The minimum absolute atomic E-state index is 0.0125. The van der Waals surface area contributed by atoms with E-state index in [0.717, 1.165) is 16.0 Å². The molecule has 1 heterocycles. The minimum Gasteiger partial charge on any atom is -0.493 e. The summed E-state index contributed by atoms with van der Waals surface area (Å²) in [5.74, 6) is -2.25. The number of hydrogen-bond donors (Lipinski definition) is 1. The molecule has 3 rings (SSSR count). The molecule has 1 atom stereocenters. The van der Waals surface area contributed by atoms with Crippen molar-refractivity contribution < 1.29 is 38.3 Å². The predicted octanol–water partition coefficient (Wildman–Crippen LogP) is 1.84. The zero-order valence-corrected chi connectivity index (χ0v) is 20.0. The number of nitro groups is 1. The number of ether oxygens (including phenoxy) is 3. The molecule has 0 radical (unpaired) electrons. The molecule has 1 fully saturated rings. The van der Waals surface area contributed by atoms with Gasteiger partial charge in [0, 0.05) is 24.1 Å². The van der Waals surface area contributed by atoms with E-state index in [0.29, 0.717) is 0 Å². The fourth-order valence-corrected chi connectivity index (χ4v) is 3.71. The van der Waals surface area contributed by atoms with Crippen molar-refractivity contribution in [3.8, 4) is 17.2 Å². The standard InChI is InChI=1S/C23H24N4O9/c1-5-19(28)26(24-22(30)13-9-17(34-2)21(36-4)18(10-13)35-3)16-12-20(29)25(23(16)31)14-7-6-8-15(11-14)27(32)33/h6-11,16H,5,12H2,1-4H3,(H,24,30). The van der Waals surface area contributed by atoms with E-state index >= 15 is 0 Å². The third-order valence-electron chi connectivity index (χ3n) is 5.45. The van der Waals surface area contributed by atoms with Crippen LogP contribution < -0.4 is 24.5 Å². The molecule has 13 heteroatoms. The third-order valence-corrected chi connectivity index (χ3v) is 5.45. The van der Waals surface area contributed by atoms with Crippen LogP contribution in [0.15, 0.2) is 36.4 Å². The van der Waals surface area contributed by atoms with Crippen LogP contribution in [0.2, 0.25) is 0 Å². The Morgan fingerprint density at radius 3 is 2.28 bits per heavy atom. The molecule has 4 amide bonds. The first-order chi connectivity index (χ1) is 17.2.